The van der Waals surface area contributed by atoms with Crippen LogP contribution in [-0.2, 0) is 18.6 Å². The third-order valence-electron chi connectivity index (χ3n) is 5.86. The Morgan fingerprint density at radius 1 is 1.39 bits per heavy atom. The molecule has 31 heavy (non-hydrogen) atoms. The fourth-order valence-corrected chi connectivity index (χ4v) is 5.83. The van der Waals surface area contributed by atoms with Gasteiger partial charge in [0.1, 0.15) is 29.9 Å². The van der Waals surface area contributed by atoms with Gasteiger partial charge in [-0.05, 0) is 39.0 Å². The average molecular weight is 505 g/mol. The predicted octanol–water partition coefficient (Wildman–Crippen LogP) is 0.506. The highest BCUT2D eigenvalue weighted by molar-refractivity contribution is 7.99. The van der Waals surface area contributed by atoms with E-state index in [-0.39, 0.29) is 11.9 Å². The number of amides is 1. The zero-order valence-electron chi connectivity index (χ0n) is 18.1. The van der Waals surface area contributed by atoms with E-state index in [1.165, 1.54) is 0 Å². The van der Waals surface area contributed by atoms with Crippen molar-refractivity contribution < 1.29 is 38.6 Å². The van der Waals surface area contributed by atoms with E-state index in [9.17, 15) is 29.4 Å². The Bertz CT molecular complexity index is 656. The summed E-state index contributed by atoms with van der Waals surface area (Å²) in [6, 6.07) is -1.23. The Labute approximate surface area is 192 Å². The van der Waals surface area contributed by atoms with Gasteiger partial charge in [0.05, 0.1) is 17.5 Å². The molecule has 2 saturated heterocycles. The van der Waals surface area contributed by atoms with E-state index >= 15 is 0 Å². The maximum absolute atomic E-state index is 13.0. The zero-order valence-corrected chi connectivity index (χ0v) is 20.6. The Balaban J connectivity index is 2.20. The summed E-state index contributed by atoms with van der Waals surface area (Å²) < 4.78 is 21.8. The molecule has 0 aliphatic carbocycles. The monoisotopic (exact) mass is 504 g/mol. The largest absolute Gasteiger partial charge is 0.470 e. The summed E-state index contributed by atoms with van der Waals surface area (Å²) in [6.45, 7) is 4.54. The standard InChI is InChI=1S/C18H34ClN2O8PS/c1-5-6-10-7-11(21(3)8-10)17(24)20-12(9(2)19)15-13(22)16(29-30(25,26)27)14(23)18(28-15)31-4/h9-16,18,22-23H,5-8H2,1-4H3,(H,20,24)(H2,25,26,27)/t9-,10+,11+,12+,13-,14+,15-,16+,18+/m0/s1. The van der Waals surface area contributed by atoms with Crippen molar-refractivity contribution in [1.82, 2.24) is 10.2 Å². The number of rotatable bonds is 9. The van der Waals surface area contributed by atoms with E-state index in [1.807, 2.05) is 11.9 Å². The quantitative estimate of drug-likeness (QED) is 0.222. The summed E-state index contributed by atoms with van der Waals surface area (Å²) in [5, 5.41) is 23.3. The van der Waals surface area contributed by atoms with Crippen molar-refractivity contribution >= 4 is 37.1 Å². The van der Waals surface area contributed by atoms with E-state index in [4.69, 9.17) is 16.3 Å². The number of aliphatic hydroxyl groups excluding tert-OH is 2. The van der Waals surface area contributed by atoms with Crippen molar-refractivity contribution in [2.75, 3.05) is 19.8 Å². The van der Waals surface area contributed by atoms with Gasteiger partial charge in [-0.1, -0.05) is 13.3 Å². The summed E-state index contributed by atoms with van der Waals surface area (Å²) in [6.07, 6.45) is -1.47. The van der Waals surface area contributed by atoms with Crippen LogP contribution >= 0.6 is 31.2 Å². The molecule has 5 N–H and O–H groups in total. The van der Waals surface area contributed by atoms with Crippen molar-refractivity contribution in [2.24, 2.45) is 5.92 Å². The second-order valence-corrected chi connectivity index (χ2v) is 11.1. The lowest BCUT2D eigenvalue weighted by molar-refractivity contribution is -0.201. The molecule has 0 bridgehead atoms. The van der Waals surface area contributed by atoms with Gasteiger partial charge in [-0.3, -0.25) is 14.2 Å². The van der Waals surface area contributed by atoms with Gasteiger partial charge in [0.25, 0.3) is 0 Å². The number of nitrogens with one attached hydrogen (secondary N) is 1. The van der Waals surface area contributed by atoms with Crippen molar-refractivity contribution in [1.29, 1.82) is 0 Å². The number of nitrogens with zero attached hydrogens (tertiary/aromatic N) is 1. The number of phosphoric ester groups is 1. The van der Waals surface area contributed by atoms with Gasteiger partial charge >= 0.3 is 7.82 Å². The molecule has 2 fully saturated rings. The number of likely N-dealkylation sites (N-methyl/N-ethyl adjacent to an activating group) is 1. The second kappa shape index (κ2) is 11.5. The first kappa shape index (κ1) is 27.3. The molecule has 182 valence electrons. The molecule has 0 radical (unpaired) electrons. The van der Waals surface area contributed by atoms with Gasteiger partial charge in [0.2, 0.25) is 5.91 Å². The van der Waals surface area contributed by atoms with Crippen molar-refractivity contribution in [2.45, 2.75) is 80.4 Å². The Morgan fingerprint density at radius 3 is 2.55 bits per heavy atom. The lowest BCUT2D eigenvalue weighted by Gasteiger charge is -2.45. The van der Waals surface area contributed by atoms with E-state index < -0.39 is 49.1 Å². The molecule has 2 aliphatic rings. The molecule has 1 amide bonds. The number of hydrogen-bond acceptors (Lipinski definition) is 8. The molecule has 13 heteroatoms. The lowest BCUT2D eigenvalue weighted by Crippen LogP contribution is -2.65. The number of halogens is 1. The maximum Gasteiger partial charge on any atom is 0.470 e. The first-order chi connectivity index (χ1) is 14.4. The number of likely N-dealkylation sites (tertiary alicyclic amines) is 1. The van der Waals surface area contributed by atoms with Crippen LogP contribution in [0.5, 0.6) is 0 Å². The van der Waals surface area contributed by atoms with E-state index in [1.54, 1.807) is 13.2 Å². The van der Waals surface area contributed by atoms with Gasteiger partial charge in [0, 0.05) is 6.54 Å². The van der Waals surface area contributed by atoms with Crippen LogP contribution in [0.4, 0.5) is 0 Å². The van der Waals surface area contributed by atoms with E-state index in [0.29, 0.717) is 12.3 Å². The normalized spacial score (nSPS) is 36.9. The molecule has 0 saturated carbocycles. The highest BCUT2D eigenvalue weighted by Crippen LogP contribution is 2.43. The minimum absolute atomic E-state index is 0.256. The van der Waals surface area contributed by atoms with Crippen LogP contribution < -0.4 is 5.32 Å². The first-order valence-electron chi connectivity index (χ1n) is 10.3. The summed E-state index contributed by atoms with van der Waals surface area (Å²) in [5.41, 5.74) is -0.942. The first-order valence-corrected chi connectivity index (χ1v) is 13.6. The Morgan fingerprint density at radius 2 is 2.03 bits per heavy atom. The maximum atomic E-state index is 13.0. The fraction of sp³-hybridized carbons (Fsp3) is 0.944. The van der Waals surface area contributed by atoms with Crippen molar-refractivity contribution in [3.8, 4) is 0 Å². The van der Waals surface area contributed by atoms with Crippen LogP contribution in [0.15, 0.2) is 0 Å². The molecule has 9 atom stereocenters. The van der Waals surface area contributed by atoms with E-state index in [2.05, 4.69) is 16.8 Å². The molecular weight excluding hydrogens is 471 g/mol. The smallest absolute Gasteiger partial charge is 0.387 e. The van der Waals surface area contributed by atoms with Crippen LogP contribution in [0, 0.1) is 5.92 Å². The second-order valence-electron chi connectivity index (χ2n) is 8.30. The van der Waals surface area contributed by atoms with Gasteiger partial charge in [-0.25, -0.2) is 4.57 Å². The number of aliphatic hydroxyl groups is 2. The van der Waals surface area contributed by atoms with Crippen LogP contribution in [-0.4, -0.2) is 98.0 Å². The number of carbonyl (C=O) groups excluding carboxylic acids is 1. The number of carbonyl (C=O) groups is 1. The number of phosphoric acid groups is 1. The molecule has 0 aromatic heterocycles. The number of alkyl halides is 1. The minimum Gasteiger partial charge on any atom is -0.387 e. The third-order valence-corrected chi connectivity index (χ3v) is 7.51. The number of hydrogen-bond donors (Lipinski definition) is 5. The topological polar surface area (TPSA) is 149 Å². The third kappa shape index (κ3) is 7.02. The van der Waals surface area contributed by atoms with Crippen LogP contribution in [0.1, 0.15) is 33.1 Å². The number of ether oxygens (including phenoxy) is 1. The highest BCUT2D eigenvalue weighted by Gasteiger charge is 2.51. The zero-order chi connectivity index (χ0) is 23.5. The van der Waals surface area contributed by atoms with Gasteiger partial charge < -0.3 is 30.1 Å². The van der Waals surface area contributed by atoms with Gasteiger partial charge in [0.15, 0.2) is 0 Å². The molecule has 0 unspecified atom stereocenters. The molecule has 10 nitrogen and oxygen atoms in total. The molecule has 2 heterocycles. The van der Waals surface area contributed by atoms with Crippen LogP contribution in [0.25, 0.3) is 0 Å². The molecule has 2 aliphatic heterocycles. The van der Waals surface area contributed by atoms with Gasteiger partial charge in [-0.15, -0.1) is 23.4 Å². The molecule has 2 rings (SSSR count). The summed E-state index contributed by atoms with van der Waals surface area (Å²) in [5.74, 6) is 0.167. The summed E-state index contributed by atoms with van der Waals surface area (Å²) in [7, 11) is -3.12. The Hall–Kier alpha value is 0.0600. The lowest BCUT2D eigenvalue weighted by atomic mass is 9.92. The molecule has 0 spiro atoms. The summed E-state index contributed by atoms with van der Waals surface area (Å²) >= 11 is 7.42. The molecule has 0 aromatic carbocycles. The van der Waals surface area contributed by atoms with Crippen LogP contribution in [0.3, 0.4) is 0 Å². The van der Waals surface area contributed by atoms with Crippen LogP contribution in [0.2, 0.25) is 0 Å². The number of thioether (sulfide) groups is 1. The Kier molecular flexibility index (Phi) is 10.1. The predicted molar refractivity (Wildman–Crippen MR) is 118 cm³/mol. The fourth-order valence-electron chi connectivity index (χ4n) is 4.38. The molecule has 0 aromatic rings. The molecular formula is C18H34ClN2O8PS. The van der Waals surface area contributed by atoms with Gasteiger partial charge in [-0.2, -0.15) is 0 Å². The minimum atomic E-state index is -5.00. The SMILES string of the molecule is CCC[C@@H]1C[C@H](C(=O)N[C@@H]([C@@H]2O[C@H](SC)[C@H](O)[C@H](OP(=O)(O)O)[C@H]2O)[C@H](C)Cl)N(C)C1. The highest BCUT2D eigenvalue weighted by atomic mass is 35.5. The average Bonchev–Trinajstić information content (AvgIpc) is 3.03. The summed E-state index contributed by atoms with van der Waals surface area (Å²) in [4.78, 5) is 33.4. The van der Waals surface area contributed by atoms with Crippen molar-refractivity contribution in [3.05, 3.63) is 0 Å². The van der Waals surface area contributed by atoms with E-state index in [0.717, 1.165) is 31.1 Å². The van der Waals surface area contributed by atoms with Crippen molar-refractivity contribution in [3.63, 3.8) is 0 Å².